The maximum atomic E-state index is 10.6. The first kappa shape index (κ1) is 11.7. The SMILES string of the molecule is Cn1nccc1CNCC(C)(O)C(=O)O. The molecule has 0 aromatic carbocycles. The monoisotopic (exact) mass is 213 g/mol. The number of hydrogen-bond donors (Lipinski definition) is 3. The van der Waals surface area contributed by atoms with Crippen molar-refractivity contribution in [2.75, 3.05) is 6.54 Å². The van der Waals surface area contributed by atoms with Gasteiger partial charge in [-0.05, 0) is 13.0 Å². The largest absolute Gasteiger partial charge is 0.479 e. The third-order valence-electron chi connectivity index (χ3n) is 2.16. The number of nitrogens with zero attached hydrogens (tertiary/aromatic N) is 2. The number of carboxylic acid groups (broad SMARTS) is 1. The molecule has 0 fully saturated rings. The Labute approximate surface area is 87.5 Å². The van der Waals surface area contributed by atoms with Crippen LogP contribution in [0.4, 0.5) is 0 Å². The Morgan fingerprint density at radius 1 is 1.73 bits per heavy atom. The van der Waals surface area contributed by atoms with Gasteiger partial charge in [0.2, 0.25) is 0 Å². The highest BCUT2D eigenvalue weighted by molar-refractivity contribution is 5.76. The lowest BCUT2D eigenvalue weighted by atomic mass is 10.1. The molecule has 0 amide bonds. The number of aromatic nitrogens is 2. The van der Waals surface area contributed by atoms with Crippen LogP contribution in [0, 0.1) is 0 Å². The fourth-order valence-electron chi connectivity index (χ4n) is 1.08. The Balaban J connectivity index is 2.40. The van der Waals surface area contributed by atoms with E-state index >= 15 is 0 Å². The van der Waals surface area contributed by atoms with Crippen LogP contribution in [0.2, 0.25) is 0 Å². The topological polar surface area (TPSA) is 87.4 Å². The van der Waals surface area contributed by atoms with Crippen LogP contribution in [-0.4, -0.2) is 38.1 Å². The summed E-state index contributed by atoms with van der Waals surface area (Å²) in [6, 6.07) is 1.82. The van der Waals surface area contributed by atoms with Crippen LogP contribution in [-0.2, 0) is 18.4 Å². The highest BCUT2D eigenvalue weighted by Crippen LogP contribution is 2.02. The van der Waals surface area contributed by atoms with E-state index in [1.54, 1.807) is 17.9 Å². The number of rotatable bonds is 5. The van der Waals surface area contributed by atoms with Crippen LogP contribution >= 0.6 is 0 Å². The Kier molecular flexibility index (Phi) is 3.43. The van der Waals surface area contributed by atoms with Crippen molar-refractivity contribution in [2.24, 2.45) is 7.05 Å². The van der Waals surface area contributed by atoms with E-state index in [0.717, 1.165) is 5.69 Å². The average molecular weight is 213 g/mol. The van der Waals surface area contributed by atoms with E-state index in [2.05, 4.69) is 10.4 Å². The number of hydrogen-bond acceptors (Lipinski definition) is 4. The van der Waals surface area contributed by atoms with Crippen molar-refractivity contribution in [3.8, 4) is 0 Å². The molecule has 0 aliphatic rings. The van der Waals surface area contributed by atoms with E-state index in [4.69, 9.17) is 5.11 Å². The summed E-state index contributed by atoms with van der Waals surface area (Å²) >= 11 is 0. The standard InChI is InChI=1S/C9H15N3O3/c1-9(15,8(13)14)6-10-5-7-3-4-11-12(7)2/h3-4,10,15H,5-6H2,1-2H3,(H,13,14). The normalized spacial score (nSPS) is 14.9. The molecule has 1 rings (SSSR count). The van der Waals surface area contributed by atoms with E-state index in [1.807, 2.05) is 6.07 Å². The van der Waals surface area contributed by atoms with Gasteiger partial charge in [0, 0.05) is 26.3 Å². The highest BCUT2D eigenvalue weighted by Gasteiger charge is 2.29. The van der Waals surface area contributed by atoms with Gasteiger partial charge in [-0.2, -0.15) is 5.10 Å². The number of nitrogens with one attached hydrogen (secondary N) is 1. The lowest BCUT2D eigenvalue weighted by molar-refractivity contribution is -0.156. The maximum absolute atomic E-state index is 10.6. The highest BCUT2D eigenvalue weighted by atomic mass is 16.4. The summed E-state index contributed by atoms with van der Waals surface area (Å²) in [5.74, 6) is -1.24. The quantitative estimate of drug-likeness (QED) is 0.604. The summed E-state index contributed by atoms with van der Waals surface area (Å²) in [6.07, 6.45) is 1.66. The van der Waals surface area contributed by atoms with E-state index in [9.17, 15) is 9.90 Å². The molecular weight excluding hydrogens is 198 g/mol. The molecule has 6 heteroatoms. The molecule has 0 aliphatic carbocycles. The Morgan fingerprint density at radius 2 is 2.40 bits per heavy atom. The maximum Gasteiger partial charge on any atom is 0.336 e. The second-order valence-electron chi connectivity index (χ2n) is 3.63. The molecule has 1 heterocycles. The van der Waals surface area contributed by atoms with Gasteiger partial charge in [0.25, 0.3) is 0 Å². The fourth-order valence-corrected chi connectivity index (χ4v) is 1.08. The fraction of sp³-hybridized carbons (Fsp3) is 0.556. The minimum Gasteiger partial charge on any atom is -0.479 e. The number of aliphatic carboxylic acids is 1. The lowest BCUT2D eigenvalue weighted by Gasteiger charge is -2.18. The van der Waals surface area contributed by atoms with Crippen LogP contribution in [0.15, 0.2) is 12.3 Å². The summed E-state index contributed by atoms with van der Waals surface area (Å²) in [6.45, 7) is 1.72. The molecule has 84 valence electrons. The second-order valence-corrected chi connectivity index (χ2v) is 3.63. The molecule has 1 atom stereocenters. The van der Waals surface area contributed by atoms with Crippen molar-refractivity contribution in [3.63, 3.8) is 0 Å². The third-order valence-corrected chi connectivity index (χ3v) is 2.16. The minimum atomic E-state index is -1.74. The smallest absolute Gasteiger partial charge is 0.336 e. The first-order valence-corrected chi connectivity index (χ1v) is 4.57. The summed E-state index contributed by atoms with van der Waals surface area (Å²) in [4.78, 5) is 10.6. The molecule has 0 spiro atoms. The van der Waals surface area contributed by atoms with E-state index in [1.165, 1.54) is 6.92 Å². The van der Waals surface area contributed by atoms with E-state index < -0.39 is 11.6 Å². The van der Waals surface area contributed by atoms with Crippen molar-refractivity contribution >= 4 is 5.97 Å². The average Bonchev–Trinajstić information content (AvgIpc) is 2.51. The van der Waals surface area contributed by atoms with Crippen LogP contribution in [0.3, 0.4) is 0 Å². The molecule has 3 N–H and O–H groups in total. The second kappa shape index (κ2) is 4.41. The van der Waals surface area contributed by atoms with Crippen LogP contribution in [0.1, 0.15) is 12.6 Å². The molecule has 0 radical (unpaired) electrons. The zero-order valence-corrected chi connectivity index (χ0v) is 8.77. The number of carboxylic acids is 1. The van der Waals surface area contributed by atoms with Crippen LogP contribution < -0.4 is 5.32 Å². The van der Waals surface area contributed by atoms with E-state index in [-0.39, 0.29) is 6.54 Å². The lowest BCUT2D eigenvalue weighted by Crippen LogP contribution is -2.44. The zero-order chi connectivity index (χ0) is 11.5. The molecule has 1 unspecified atom stereocenters. The molecule has 6 nitrogen and oxygen atoms in total. The van der Waals surface area contributed by atoms with Crippen molar-refractivity contribution in [3.05, 3.63) is 18.0 Å². The predicted molar refractivity (Wildman–Crippen MR) is 53.2 cm³/mol. The van der Waals surface area contributed by atoms with Gasteiger partial charge in [-0.3, -0.25) is 4.68 Å². The van der Waals surface area contributed by atoms with Gasteiger partial charge in [-0.1, -0.05) is 0 Å². The van der Waals surface area contributed by atoms with Gasteiger partial charge in [0.1, 0.15) is 0 Å². The molecule has 0 bridgehead atoms. The summed E-state index contributed by atoms with van der Waals surface area (Å²) < 4.78 is 1.68. The van der Waals surface area contributed by atoms with Crippen molar-refractivity contribution in [1.29, 1.82) is 0 Å². The molecular formula is C9H15N3O3. The van der Waals surface area contributed by atoms with Gasteiger partial charge < -0.3 is 15.5 Å². The van der Waals surface area contributed by atoms with Crippen LogP contribution in [0.25, 0.3) is 0 Å². The summed E-state index contributed by atoms with van der Waals surface area (Å²) in [5, 5.41) is 24.9. The molecule has 0 aliphatic heterocycles. The van der Waals surface area contributed by atoms with E-state index in [0.29, 0.717) is 6.54 Å². The summed E-state index contributed by atoms with van der Waals surface area (Å²) in [7, 11) is 1.80. The Hall–Kier alpha value is -1.40. The van der Waals surface area contributed by atoms with Gasteiger partial charge in [0.15, 0.2) is 5.60 Å². The Morgan fingerprint density at radius 3 is 2.87 bits per heavy atom. The Bertz CT molecular complexity index is 346. The van der Waals surface area contributed by atoms with Crippen molar-refractivity contribution < 1.29 is 15.0 Å². The summed E-state index contributed by atoms with van der Waals surface area (Å²) in [5.41, 5.74) is -0.810. The van der Waals surface area contributed by atoms with Gasteiger partial charge in [0.05, 0.1) is 5.69 Å². The van der Waals surface area contributed by atoms with Gasteiger partial charge in [-0.15, -0.1) is 0 Å². The first-order chi connectivity index (χ1) is 6.93. The number of aryl methyl sites for hydroxylation is 1. The third kappa shape index (κ3) is 3.03. The van der Waals surface area contributed by atoms with Gasteiger partial charge in [-0.25, -0.2) is 4.79 Å². The van der Waals surface area contributed by atoms with Crippen molar-refractivity contribution in [2.45, 2.75) is 19.1 Å². The van der Waals surface area contributed by atoms with Crippen LogP contribution in [0.5, 0.6) is 0 Å². The zero-order valence-electron chi connectivity index (χ0n) is 8.77. The van der Waals surface area contributed by atoms with Crippen molar-refractivity contribution in [1.82, 2.24) is 15.1 Å². The minimum absolute atomic E-state index is 0.00644. The predicted octanol–water partition coefficient (Wildman–Crippen LogP) is -0.655. The first-order valence-electron chi connectivity index (χ1n) is 4.57. The number of carbonyl (C=O) groups is 1. The molecule has 1 aromatic heterocycles. The molecule has 0 saturated carbocycles. The molecule has 0 saturated heterocycles. The number of aliphatic hydroxyl groups is 1. The molecule has 1 aromatic rings. The molecule has 15 heavy (non-hydrogen) atoms. The van der Waals surface area contributed by atoms with Gasteiger partial charge >= 0.3 is 5.97 Å².